The Morgan fingerprint density at radius 1 is 1.04 bits per heavy atom. The van der Waals surface area contributed by atoms with Gasteiger partial charge in [0.2, 0.25) is 0 Å². The van der Waals surface area contributed by atoms with Gasteiger partial charge in [-0.05, 0) is 28.5 Å². The van der Waals surface area contributed by atoms with Crippen LogP contribution in [0.1, 0.15) is 12.0 Å². The maximum Gasteiger partial charge on any atom is 0.306 e. The van der Waals surface area contributed by atoms with Crippen LogP contribution in [0.15, 0.2) is 59.8 Å². The first-order valence-corrected chi connectivity index (χ1v) is 12.6. The van der Waals surface area contributed by atoms with Crippen LogP contribution in [0.25, 0.3) is 0 Å². The minimum atomic E-state index is -0.170. The number of hydrogen-bond donors (Lipinski definition) is 0. The van der Waals surface area contributed by atoms with E-state index in [0.717, 1.165) is 20.1 Å². The quantitative estimate of drug-likeness (QED) is 0.201. The normalized spacial score (nSPS) is 10.5. The molecule has 0 radical (unpaired) electrons. The summed E-state index contributed by atoms with van der Waals surface area (Å²) in [7, 11) is 3.22. The van der Waals surface area contributed by atoms with Gasteiger partial charge in [-0.15, -0.1) is 23.5 Å². The minimum absolute atomic E-state index is 0.170. The summed E-state index contributed by atoms with van der Waals surface area (Å²) in [5.74, 6) is 2.10. The van der Waals surface area contributed by atoms with Crippen molar-refractivity contribution in [3.63, 3.8) is 0 Å². The number of hydrogen-bond acceptors (Lipinski definition) is 8. The third kappa shape index (κ3) is 9.87. The molecule has 1 heterocycles. The van der Waals surface area contributed by atoms with Crippen molar-refractivity contribution in [1.82, 2.24) is 4.98 Å². The maximum absolute atomic E-state index is 11.7. The lowest BCUT2D eigenvalue weighted by molar-refractivity contribution is -0.142. The van der Waals surface area contributed by atoms with Gasteiger partial charge in [0.15, 0.2) is 0 Å². The molecule has 8 heteroatoms. The van der Waals surface area contributed by atoms with Crippen LogP contribution in [0.3, 0.4) is 0 Å². The van der Waals surface area contributed by atoms with E-state index < -0.39 is 0 Å². The average molecular weight is 442 g/mol. The SMILES string of the molecule is O=C(CCSC(=S)SCc1ccccc1)OCCSSc1ccccn1. The molecule has 0 unspecified atom stereocenters. The largest absolute Gasteiger partial charge is 0.465 e. The number of carbonyl (C=O) groups excluding carboxylic acids is 1. The zero-order valence-corrected chi connectivity index (χ0v) is 18.1. The second kappa shape index (κ2) is 13.5. The molecule has 2 rings (SSSR count). The van der Waals surface area contributed by atoms with Crippen LogP contribution in [-0.2, 0) is 15.3 Å². The summed E-state index contributed by atoms with van der Waals surface area (Å²) in [5, 5.41) is 0.960. The number of thiocarbonyl (C=S) groups is 1. The maximum atomic E-state index is 11.7. The highest BCUT2D eigenvalue weighted by atomic mass is 33.1. The minimum Gasteiger partial charge on any atom is -0.465 e. The highest BCUT2D eigenvalue weighted by Crippen LogP contribution is 2.28. The molecule has 0 N–H and O–H groups in total. The van der Waals surface area contributed by atoms with Gasteiger partial charge in [-0.25, -0.2) is 4.98 Å². The second-order valence-corrected chi connectivity index (χ2v) is 10.6. The van der Waals surface area contributed by atoms with Crippen LogP contribution in [0.2, 0.25) is 0 Å². The molecule has 2 aromatic rings. The fourth-order valence-corrected chi connectivity index (χ4v) is 5.54. The molecule has 0 bridgehead atoms. The smallest absolute Gasteiger partial charge is 0.306 e. The van der Waals surface area contributed by atoms with Crippen molar-refractivity contribution in [2.45, 2.75) is 17.2 Å². The van der Waals surface area contributed by atoms with Gasteiger partial charge in [0.25, 0.3) is 0 Å². The summed E-state index contributed by atoms with van der Waals surface area (Å²) < 4.78 is 6.10. The Labute approximate surface area is 176 Å². The van der Waals surface area contributed by atoms with E-state index in [1.807, 2.05) is 36.4 Å². The average Bonchev–Trinajstić information content (AvgIpc) is 2.68. The summed E-state index contributed by atoms with van der Waals surface area (Å²) in [6, 6.07) is 16.0. The molecule has 0 aliphatic carbocycles. The van der Waals surface area contributed by atoms with Crippen LogP contribution < -0.4 is 0 Å². The molecule has 0 spiro atoms. The highest BCUT2D eigenvalue weighted by molar-refractivity contribution is 8.76. The van der Waals surface area contributed by atoms with Gasteiger partial charge in [-0.2, -0.15) is 0 Å². The summed E-state index contributed by atoms with van der Waals surface area (Å²) >= 11 is 8.51. The lowest BCUT2D eigenvalue weighted by Crippen LogP contribution is -2.08. The molecule has 0 saturated heterocycles. The first-order chi connectivity index (χ1) is 12.7. The number of ether oxygens (including phenoxy) is 1. The number of pyridine rings is 1. The Kier molecular flexibility index (Phi) is 11.2. The van der Waals surface area contributed by atoms with E-state index >= 15 is 0 Å². The molecule has 3 nitrogen and oxygen atoms in total. The van der Waals surface area contributed by atoms with Gasteiger partial charge in [-0.3, -0.25) is 4.79 Å². The van der Waals surface area contributed by atoms with Crippen molar-refractivity contribution in [2.24, 2.45) is 0 Å². The van der Waals surface area contributed by atoms with Gasteiger partial charge in [0.05, 0.1) is 6.42 Å². The van der Waals surface area contributed by atoms with Gasteiger partial charge in [0, 0.05) is 23.5 Å². The fraction of sp³-hybridized carbons (Fsp3) is 0.278. The van der Waals surface area contributed by atoms with Crippen LogP contribution >= 0.6 is 57.3 Å². The van der Waals surface area contributed by atoms with Crippen LogP contribution in [0, 0.1) is 0 Å². The summed E-state index contributed by atoms with van der Waals surface area (Å²) in [4.78, 5) is 15.9. The monoisotopic (exact) mass is 441 g/mol. The van der Waals surface area contributed by atoms with E-state index in [2.05, 4.69) is 17.1 Å². The number of carbonyl (C=O) groups is 1. The highest BCUT2D eigenvalue weighted by Gasteiger charge is 2.06. The number of benzene rings is 1. The van der Waals surface area contributed by atoms with Crippen LogP contribution in [-0.4, -0.2) is 32.6 Å². The third-order valence-corrected chi connectivity index (χ3v) is 7.94. The molecular formula is C18H19NO2S5. The fourth-order valence-electron chi connectivity index (χ4n) is 1.74. The van der Waals surface area contributed by atoms with Crippen molar-refractivity contribution in [2.75, 3.05) is 18.1 Å². The first-order valence-electron chi connectivity index (χ1n) is 7.93. The van der Waals surface area contributed by atoms with E-state index in [4.69, 9.17) is 17.0 Å². The molecule has 1 aromatic heterocycles. The Morgan fingerprint density at radius 2 is 1.85 bits per heavy atom. The van der Waals surface area contributed by atoms with Crippen molar-refractivity contribution in [3.05, 3.63) is 60.3 Å². The summed E-state index contributed by atoms with van der Waals surface area (Å²) in [5.41, 5.74) is 1.25. The van der Waals surface area contributed by atoms with Gasteiger partial charge in [-0.1, -0.05) is 59.4 Å². The predicted molar refractivity (Wildman–Crippen MR) is 121 cm³/mol. The molecule has 26 heavy (non-hydrogen) atoms. The van der Waals surface area contributed by atoms with Crippen molar-refractivity contribution < 1.29 is 9.53 Å². The first kappa shape index (κ1) is 21.6. The molecule has 0 saturated carbocycles. The number of nitrogens with zero attached hydrogens (tertiary/aromatic N) is 1. The number of aromatic nitrogens is 1. The molecule has 1 aromatic carbocycles. The lowest BCUT2D eigenvalue weighted by atomic mass is 10.2. The van der Waals surface area contributed by atoms with E-state index in [0.29, 0.717) is 18.8 Å². The Hall–Kier alpha value is -0.670. The molecule has 0 aliphatic heterocycles. The molecular weight excluding hydrogens is 423 g/mol. The van der Waals surface area contributed by atoms with E-state index in [9.17, 15) is 4.79 Å². The van der Waals surface area contributed by atoms with Gasteiger partial charge in [0.1, 0.15) is 15.2 Å². The van der Waals surface area contributed by atoms with Crippen LogP contribution in [0.4, 0.5) is 0 Å². The van der Waals surface area contributed by atoms with Crippen molar-refractivity contribution in [1.29, 1.82) is 0 Å². The number of rotatable bonds is 10. The zero-order chi connectivity index (χ0) is 18.5. The summed E-state index contributed by atoms with van der Waals surface area (Å²) in [6.07, 6.45) is 2.15. The standard InChI is InChI=1S/C18H19NO2S5/c20-17(21-11-13-25-26-16-8-4-5-10-19-16)9-12-23-18(22)24-14-15-6-2-1-3-7-15/h1-8,10H,9,11-14H2. The predicted octanol–water partition coefficient (Wildman–Crippen LogP) is 5.71. The zero-order valence-electron chi connectivity index (χ0n) is 14.0. The number of thioether (sulfide) groups is 2. The third-order valence-electron chi connectivity index (χ3n) is 2.94. The Morgan fingerprint density at radius 3 is 2.62 bits per heavy atom. The molecule has 138 valence electrons. The molecule has 0 atom stereocenters. The number of esters is 1. The van der Waals surface area contributed by atoms with E-state index in [1.54, 1.807) is 51.3 Å². The Bertz CT molecular complexity index is 670. The van der Waals surface area contributed by atoms with E-state index in [-0.39, 0.29) is 5.97 Å². The topological polar surface area (TPSA) is 39.2 Å². The van der Waals surface area contributed by atoms with Gasteiger partial charge < -0.3 is 4.74 Å². The summed E-state index contributed by atoms with van der Waals surface area (Å²) in [6.45, 7) is 0.418. The lowest BCUT2D eigenvalue weighted by Gasteiger charge is -2.05. The molecule has 0 amide bonds. The molecule has 0 aliphatic rings. The van der Waals surface area contributed by atoms with Crippen LogP contribution in [0.5, 0.6) is 0 Å². The van der Waals surface area contributed by atoms with E-state index in [1.165, 1.54) is 5.56 Å². The second-order valence-electron chi connectivity index (χ2n) is 4.92. The van der Waals surface area contributed by atoms with Crippen molar-refractivity contribution in [3.8, 4) is 0 Å². The molecule has 0 fully saturated rings. The van der Waals surface area contributed by atoms with Crippen molar-refractivity contribution >= 4 is 66.8 Å². The Balaban J connectivity index is 1.46. The van der Waals surface area contributed by atoms with Gasteiger partial charge >= 0.3 is 5.97 Å².